The van der Waals surface area contributed by atoms with Crippen molar-refractivity contribution in [1.82, 2.24) is 10.3 Å². The molecule has 0 saturated heterocycles. The van der Waals surface area contributed by atoms with Gasteiger partial charge in [0.05, 0.1) is 6.42 Å². The van der Waals surface area contributed by atoms with Crippen molar-refractivity contribution in [3.63, 3.8) is 0 Å². The molecule has 0 aliphatic rings. The second kappa shape index (κ2) is 6.10. The number of pyridine rings is 1. The number of hydrogen-bond acceptors (Lipinski definition) is 4. The van der Waals surface area contributed by atoms with Crippen molar-refractivity contribution in [3.05, 3.63) is 28.5 Å². The Morgan fingerprint density at radius 1 is 1.44 bits per heavy atom. The van der Waals surface area contributed by atoms with Gasteiger partial charge < -0.3 is 16.2 Å². The molecule has 18 heavy (non-hydrogen) atoms. The zero-order valence-electron chi connectivity index (χ0n) is 9.09. The topological polar surface area (TPSA) is 122 Å². The van der Waals surface area contributed by atoms with Crippen LogP contribution in [-0.4, -0.2) is 33.9 Å². The highest BCUT2D eigenvalue weighted by Gasteiger charge is 2.23. The van der Waals surface area contributed by atoms with Gasteiger partial charge in [-0.3, -0.25) is 9.59 Å². The summed E-state index contributed by atoms with van der Waals surface area (Å²) in [5, 5.41) is 11.0. The van der Waals surface area contributed by atoms with E-state index in [1.807, 2.05) is 0 Å². The van der Waals surface area contributed by atoms with Crippen molar-refractivity contribution < 1.29 is 19.5 Å². The van der Waals surface area contributed by atoms with E-state index in [9.17, 15) is 14.4 Å². The number of nitrogens with two attached hydrogens (primary N) is 1. The molecule has 0 spiro atoms. The van der Waals surface area contributed by atoms with Gasteiger partial charge in [0.2, 0.25) is 5.91 Å². The highest BCUT2D eigenvalue weighted by atomic mass is 79.9. The van der Waals surface area contributed by atoms with Crippen molar-refractivity contribution in [2.45, 2.75) is 12.5 Å². The molecule has 0 aliphatic heterocycles. The number of carboxylic acids is 1. The number of halogens is 1. The van der Waals surface area contributed by atoms with Crippen molar-refractivity contribution in [1.29, 1.82) is 0 Å². The first kappa shape index (κ1) is 14.1. The summed E-state index contributed by atoms with van der Waals surface area (Å²) in [5.41, 5.74) is 4.94. The van der Waals surface area contributed by atoms with E-state index < -0.39 is 30.2 Å². The molecule has 0 unspecified atom stereocenters. The molecule has 0 saturated carbocycles. The summed E-state index contributed by atoms with van der Waals surface area (Å²) in [6, 6.07) is 1.65. The number of carboxylic acid groups (broad SMARTS) is 1. The van der Waals surface area contributed by atoms with Gasteiger partial charge in [-0.25, -0.2) is 9.78 Å². The SMILES string of the molecule is NC(=O)C[C@@H](NC(=O)c1ccc(Br)cn1)C(=O)O. The molecule has 7 nitrogen and oxygen atoms in total. The summed E-state index contributed by atoms with van der Waals surface area (Å²) in [6.07, 6.45) is 0.927. The van der Waals surface area contributed by atoms with E-state index in [4.69, 9.17) is 10.8 Å². The van der Waals surface area contributed by atoms with E-state index in [2.05, 4.69) is 26.2 Å². The fourth-order valence-electron chi connectivity index (χ4n) is 1.14. The van der Waals surface area contributed by atoms with Gasteiger partial charge in [0.15, 0.2) is 0 Å². The van der Waals surface area contributed by atoms with Crippen LogP contribution in [0, 0.1) is 0 Å². The zero-order chi connectivity index (χ0) is 13.7. The summed E-state index contributed by atoms with van der Waals surface area (Å²) >= 11 is 3.15. The molecule has 1 aromatic rings. The molecule has 0 radical (unpaired) electrons. The molecule has 0 bridgehead atoms. The average molecular weight is 316 g/mol. The van der Waals surface area contributed by atoms with Gasteiger partial charge in [0.1, 0.15) is 11.7 Å². The highest BCUT2D eigenvalue weighted by molar-refractivity contribution is 9.10. The molecular weight excluding hydrogens is 306 g/mol. The van der Waals surface area contributed by atoms with Gasteiger partial charge in [0.25, 0.3) is 5.91 Å². The van der Waals surface area contributed by atoms with Crippen molar-refractivity contribution in [2.24, 2.45) is 5.73 Å². The number of nitrogens with zero attached hydrogens (tertiary/aromatic N) is 1. The fourth-order valence-corrected chi connectivity index (χ4v) is 1.38. The standard InChI is InChI=1S/C10H10BrN3O4/c11-5-1-2-6(13-4-5)9(16)14-7(10(17)18)3-8(12)15/h1-2,4,7H,3H2,(H2,12,15)(H,14,16)(H,17,18)/t7-/m1/s1. The fraction of sp³-hybridized carbons (Fsp3) is 0.200. The highest BCUT2D eigenvalue weighted by Crippen LogP contribution is 2.07. The van der Waals surface area contributed by atoms with Crippen LogP contribution in [0.3, 0.4) is 0 Å². The first-order valence-electron chi connectivity index (χ1n) is 4.83. The molecule has 0 aliphatic carbocycles. The number of nitrogens with one attached hydrogen (secondary N) is 1. The lowest BCUT2D eigenvalue weighted by molar-refractivity contribution is -0.140. The molecule has 96 valence electrons. The van der Waals surface area contributed by atoms with Crippen LogP contribution in [0.15, 0.2) is 22.8 Å². The molecule has 1 heterocycles. The van der Waals surface area contributed by atoms with Gasteiger partial charge in [-0.15, -0.1) is 0 Å². The van der Waals surface area contributed by atoms with Crippen LogP contribution in [0.25, 0.3) is 0 Å². The molecule has 1 rings (SSSR count). The number of amides is 2. The Morgan fingerprint density at radius 2 is 2.11 bits per heavy atom. The maximum absolute atomic E-state index is 11.6. The van der Waals surface area contributed by atoms with Crippen LogP contribution in [-0.2, 0) is 9.59 Å². The summed E-state index contributed by atoms with van der Waals surface area (Å²) < 4.78 is 0.686. The lowest BCUT2D eigenvalue weighted by Gasteiger charge is -2.12. The minimum absolute atomic E-state index is 0.0499. The average Bonchev–Trinajstić information content (AvgIpc) is 2.28. The number of primary amides is 1. The number of aliphatic carboxylic acids is 1. The number of carbonyl (C=O) groups is 3. The zero-order valence-corrected chi connectivity index (χ0v) is 10.7. The molecule has 1 aromatic heterocycles. The Bertz CT molecular complexity index is 475. The second-order valence-electron chi connectivity index (χ2n) is 3.40. The van der Waals surface area contributed by atoms with Crippen LogP contribution in [0.5, 0.6) is 0 Å². The first-order valence-corrected chi connectivity index (χ1v) is 5.63. The maximum atomic E-state index is 11.6. The van der Waals surface area contributed by atoms with Crippen LogP contribution < -0.4 is 11.1 Å². The smallest absolute Gasteiger partial charge is 0.326 e. The lowest BCUT2D eigenvalue weighted by Crippen LogP contribution is -2.43. The Balaban J connectivity index is 2.75. The van der Waals surface area contributed by atoms with E-state index >= 15 is 0 Å². The number of aromatic nitrogens is 1. The van der Waals surface area contributed by atoms with Crippen LogP contribution in [0.1, 0.15) is 16.9 Å². The molecule has 1 atom stereocenters. The summed E-state index contributed by atoms with van der Waals surface area (Å²) in [7, 11) is 0. The van der Waals surface area contributed by atoms with Gasteiger partial charge in [-0.05, 0) is 28.1 Å². The quantitative estimate of drug-likeness (QED) is 0.700. The molecular formula is C10H10BrN3O4. The third-order valence-corrected chi connectivity index (χ3v) is 2.44. The Kier molecular flexibility index (Phi) is 4.78. The predicted octanol–water partition coefficient (Wildman–Crippen LogP) is -0.0975. The number of rotatable bonds is 5. The number of hydrogen-bond donors (Lipinski definition) is 3. The Hall–Kier alpha value is -1.96. The van der Waals surface area contributed by atoms with Crippen molar-refractivity contribution in [3.8, 4) is 0 Å². The maximum Gasteiger partial charge on any atom is 0.326 e. The molecule has 8 heteroatoms. The first-order chi connectivity index (χ1) is 8.40. The monoisotopic (exact) mass is 315 g/mol. The normalized spacial score (nSPS) is 11.6. The van der Waals surface area contributed by atoms with Crippen LogP contribution in [0.4, 0.5) is 0 Å². The van der Waals surface area contributed by atoms with Crippen molar-refractivity contribution >= 4 is 33.7 Å². The molecule has 0 fully saturated rings. The molecule has 2 amide bonds. The second-order valence-corrected chi connectivity index (χ2v) is 4.31. The van der Waals surface area contributed by atoms with Crippen molar-refractivity contribution in [2.75, 3.05) is 0 Å². The van der Waals surface area contributed by atoms with Crippen LogP contribution in [0.2, 0.25) is 0 Å². The van der Waals surface area contributed by atoms with E-state index in [0.29, 0.717) is 4.47 Å². The molecule has 4 N–H and O–H groups in total. The molecule has 0 aromatic carbocycles. The minimum atomic E-state index is -1.36. The third-order valence-electron chi connectivity index (χ3n) is 1.97. The van der Waals surface area contributed by atoms with E-state index in [1.54, 1.807) is 6.07 Å². The number of carbonyl (C=O) groups excluding carboxylic acids is 2. The lowest BCUT2D eigenvalue weighted by atomic mass is 10.2. The largest absolute Gasteiger partial charge is 0.480 e. The van der Waals surface area contributed by atoms with E-state index in [1.165, 1.54) is 12.3 Å². The van der Waals surface area contributed by atoms with Gasteiger partial charge in [0, 0.05) is 10.7 Å². The van der Waals surface area contributed by atoms with E-state index in [0.717, 1.165) is 0 Å². The van der Waals surface area contributed by atoms with E-state index in [-0.39, 0.29) is 5.69 Å². The van der Waals surface area contributed by atoms with Crippen LogP contribution >= 0.6 is 15.9 Å². The third kappa shape index (κ3) is 4.13. The Labute approximate surface area is 111 Å². The van der Waals surface area contributed by atoms with Gasteiger partial charge in [-0.2, -0.15) is 0 Å². The Morgan fingerprint density at radius 3 is 2.56 bits per heavy atom. The summed E-state index contributed by atoms with van der Waals surface area (Å²) in [4.78, 5) is 36.9. The summed E-state index contributed by atoms with van der Waals surface area (Å²) in [6.45, 7) is 0. The summed E-state index contributed by atoms with van der Waals surface area (Å²) in [5.74, 6) is -2.83. The van der Waals surface area contributed by atoms with Gasteiger partial charge >= 0.3 is 5.97 Å². The van der Waals surface area contributed by atoms with Gasteiger partial charge in [-0.1, -0.05) is 0 Å². The predicted molar refractivity (Wildman–Crippen MR) is 64.6 cm³/mol. The minimum Gasteiger partial charge on any atom is -0.480 e.